The van der Waals surface area contributed by atoms with Gasteiger partial charge in [0.05, 0.1) is 6.42 Å². The molecule has 0 aliphatic heterocycles. The van der Waals surface area contributed by atoms with Crippen LogP contribution in [0.2, 0.25) is 0 Å². The monoisotopic (exact) mass is 265 g/mol. The van der Waals surface area contributed by atoms with E-state index < -0.39 is 5.97 Å². The molecule has 98 valence electrons. The number of hydrogen-bond acceptors (Lipinski definition) is 3. The van der Waals surface area contributed by atoms with E-state index in [1.54, 1.807) is 42.5 Å². The van der Waals surface area contributed by atoms with Crippen molar-refractivity contribution in [2.24, 2.45) is 0 Å². The molecule has 0 spiro atoms. The number of anilines is 1. The average molecular weight is 265 g/mol. The van der Waals surface area contributed by atoms with Crippen molar-refractivity contribution in [2.45, 2.75) is 6.42 Å². The second-order valence-electron chi connectivity index (χ2n) is 4.40. The van der Waals surface area contributed by atoms with Gasteiger partial charge < -0.3 is 10.8 Å². The smallest absolute Gasteiger partial charge is 0.307 e. The van der Waals surface area contributed by atoms with E-state index in [0.29, 0.717) is 22.2 Å². The molecule has 2 aromatic carbocycles. The zero-order valence-corrected chi connectivity index (χ0v) is 10.7. The third-order valence-electron chi connectivity index (χ3n) is 2.96. The van der Waals surface area contributed by atoms with Crippen LogP contribution in [-0.4, -0.2) is 24.7 Å². The first-order chi connectivity index (χ1) is 9.49. The van der Waals surface area contributed by atoms with E-state index in [1.807, 2.05) is 0 Å². The van der Waals surface area contributed by atoms with Crippen LogP contribution in [0, 0.1) is 0 Å². The number of rotatable bonds is 4. The fraction of sp³-hybridized carbons (Fsp3) is 0.0667. The standard InChI is InChI=1S/C15H12BNO3/c16-11-6-4-9(5-7-11)15(20)12-3-1-2-10(14(12)17)8-13(18)19/h1-7H,8,17H2,(H,18,19). The lowest BCUT2D eigenvalue weighted by Crippen LogP contribution is -2.11. The molecule has 0 unspecified atom stereocenters. The summed E-state index contributed by atoms with van der Waals surface area (Å²) in [6.07, 6.45) is -0.214. The number of nitrogens with two attached hydrogens (primary N) is 1. The Hall–Kier alpha value is -2.56. The summed E-state index contributed by atoms with van der Waals surface area (Å²) in [4.78, 5) is 23.1. The Labute approximate surface area is 117 Å². The van der Waals surface area contributed by atoms with Gasteiger partial charge in [0.25, 0.3) is 0 Å². The average Bonchev–Trinajstić information content (AvgIpc) is 2.41. The summed E-state index contributed by atoms with van der Waals surface area (Å²) in [7, 11) is 5.57. The maximum absolute atomic E-state index is 12.3. The van der Waals surface area contributed by atoms with Crippen LogP contribution in [0.15, 0.2) is 42.5 Å². The van der Waals surface area contributed by atoms with E-state index in [0.717, 1.165) is 0 Å². The quantitative estimate of drug-likeness (QED) is 0.489. The minimum atomic E-state index is -0.992. The normalized spacial score (nSPS) is 10.2. The fourth-order valence-electron chi connectivity index (χ4n) is 1.92. The van der Waals surface area contributed by atoms with Gasteiger partial charge >= 0.3 is 5.97 Å². The maximum atomic E-state index is 12.3. The zero-order chi connectivity index (χ0) is 14.7. The number of benzene rings is 2. The molecule has 0 aromatic heterocycles. The van der Waals surface area contributed by atoms with Crippen LogP contribution in [0.25, 0.3) is 0 Å². The third-order valence-corrected chi connectivity index (χ3v) is 2.96. The number of para-hydroxylation sites is 1. The van der Waals surface area contributed by atoms with Crippen LogP contribution in [0.1, 0.15) is 21.5 Å². The van der Waals surface area contributed by atoms with Crippen LogP contribution in [0.4, 0.5) is 5.69 Å². The molecule has 0 atom stereocenters. The minimum absolute atomic E-state index is 0.205. The van der Waals surface area contributed by atoms with E-state index in [2.05, 4.69) is 0 Å². The second-order valence-corrected chi connectivity index (χ2v) is 4.40. The van der Waals surface area contributed by atoms with Crippen molar-refractivity contribution in [3.8, 4) is 0 Å². The Morgan fingerprint density at radius 3 is 2.35 bits per heavy atom. The van der Waals surface area contributed by atoms with Gasteiger partial charge in [-0.1, -0.05) is 41.9 Å². The van der Waals surface area contributed by atoms with E-state index in [4.69, 9.17) is 18.7 Å². The van der Waals surface area contributed by atoms with Crippen LogP contribution in [0.5, 0.6) is 0 Å². The number of nitrogen functional groups attached to an aromatic ring is 1. The molecular formula is C15H12BNO3. The Morgan fingerprint density at radius 2 is 1.75 bits per heavy atom. The van der Waals surface area contributed by atoms with E-state index in [9.17, 15) is 9.59 Å². The van der Waals surface area contributed by atoms with Crippen molar-refractivity contribution in [3.05, 3.63) is 59.2 Å². The summed E-state index contributed by atoms with van der Waals surface area (Å²) >= 11 is 0. The van der Waals surface area contributed by atoms with Gasteiger partial charge in [-0.05, 0) is 11.6 Å². The third kappa shape index (κ3) is 2.88. The van der Waals surface area contributed by atoms with Crippen LogP contribution >= 0.6 is 0 Å². The van der Waals surface area contributed by atoms with Crippen LogP contribution in [0.3, 0.4) is 0 Å². The predicted molar refractivity (Wildman–Crippen MR) is 77.5 cm³/mol. The number of hydrogen-bond donors (Lipinski definition) is 2. The molecule has 5 heteroatoms. The SMILES string of the molecule is [B]c1ccc(C(=O)c2cccc(CC(=O)O)c2N)cc1. The van der Waals surface area contributed by atoms with Crippen molar-refractivity contribution in [2.75, 3.05) is 5.73 Å². The van der Waals surface area contributed by atoms with Gasteiger partial charge in [-0.3, -0.25) is 9.59 Å². The van der Waals surface area contributed by atoms with Gasteiger partial charge in [0.15, 0.2) is 5.78 Å². The van der Waals surface area contributed by atoms with Crippen LogP contribution < -0.4 is 11.2 Å². The highest BCUT2D eigenvalue weighted by atomic mass is 16.4. The van der Waals surface area contributed by atoms with E-state index in [-0.39, 0.29) is 17.9 Å². The summed E-state index contributed by atoms with van der Waals surface area (Å²) in [6.45, 7) is 0. The molecule has 0 aliphatic rings. The number of carboxylic acid groups (broad SMARTS) is 1. The topological polar surface area (TPSA) is 80.4 Å². The van der Waals surface area contributed by atoms with Crippen LogP contribution in [-0.2, 0) is 11.2 Å². The van der Waals surface area contributed by atoms with Crippen molar-refractivity contribution >= 4 is 30.7 Å². The lowest BCUT2D eigenvalue weighted by molar-refractivity contribution is -0.136. The molecule has 0 saturated heterocycles. The zero-order valence-electron chi connectivity index (χ0n) is 10.7. The Kier molecular flexibility index (Phi) is 3.89. The molecule has 3 N–H and O–H groups in total. The summed E-state index contributed by atoms with van der Waals surface area (Å²) in [5, 5.41) is 8.81. The minimum Gasteiger partial charge on any atom is -0.481 e. The number of aliphatic carboxylic acids is 1. The molecule has 0 amide bonds. The van der Waals surface area contributed by atoms with Crippen molar-refractivity contribution in [3.63, 3.8) is 0 Å². The summed E-state index contributed by atoms with van der Waals surface area (Å²) in [6, 6.07) is 11.3. The van der Waals surface area contributed by atoms with Gasteiger partial charge in [-0.25, -0.2) is 0 Å². The van der Waals surface area contributed by atoms with Gasteiger partial charge in [0.1, 0.15) is 7.85 Å². The van der Waals surface area contributed by atoms with Crippen molar-refractivity contribution in [1.29, 1.82) is 0 Å². The van der Waals surface area contributed by atoms with Gasteiger partial charge in [-0.15, -0.1) is 0 Å². The number of carbonyl (C=O) groups excluding carboxylic acids is 1. The highest BCUT2D eigenvalue weighted by molar-refractivity contribution is 6.32. The van der Waals surface area contributed by atoms with E-state index in [1.165, 1.54) is 0 Å². The number of carboxylic acids is 1. The Balaban J connectivity index is 2.39. The predicted octanol–water partition coefficient (Wildman–Crippen LogP) is 0.921. The molecule has 0 fully saturated rings. The summed E-state index contributed by atoms with van der Waals surface area (Å²) in [5.41, 5.74) is 7.85. The molecule has 4 nitrogen and oxygen atoms in total. The molecule has 2 radical (unpaired) electrons. The maximum Gasteiger partial charge on any atom is 0.307 e. The Bertz CT molecular complexity index is 665. The first-order valence-electron chi connectivity index (χ1n) is 5.98. The molecule has 0 heterocycles. The molecular weight excluding hydrogens is 253 g/mol. The summed E-state index contributed by atoms with van der Waals surface area (Å²) in [5.74, 6) is -1.25. The molecule has 0 bridgehead atoms. The number of carbonyl (C=O) groups is 2. The highest BCUT2D eigenvalue weighted by Crippen LogP contribution is 2.21. The first kappa shape index (κ1) is 13.9. The van der Waals surface area contributed by atoms with Crippen molar-refractivity contribution < 1.29 is 14.7 Å². The lowest BCUT2D eigenvalue weighted by Gasteiger charge is -2.09. The summed E-state index contributed by atoms with van der Waals surface area (Å²) < 4.78 is 0. The molecule has 20 heavy (non-hydrogen) atoms. The highest BCUT2D eigenvalue weighted by Gasteiger charge is 2.15. The number of ketones is 1. The van der Waals surface area contributed by atoms with E-state index >= 15 is 0 Å². The largest absolute Gasteiger partial charge is 0.481 e. The molecule has 2 aromatic rings. The van der Waals surface area contributed by atoms with Gasteiger partial charge in [-0.2, -0.15) is 0 Å². The van der Waals surface area contributed by atoms with Gasteiger partial charge in [0, 0.05) is 16.8 Å². The molecule has 0 aliphatic carbocycles. The Morgan fingerprint density at radius 1 is 1.10 bits per heavy atom. The van der Waals surface area contributed by atoms with Gasteiger partial charge in [0.2, 0.25) is 0 Å². The first-order valence-corrected chi connectivity index (χ1v) is 5.98. The molecule has 2 rings (SSSR count). The van der Waals surface area contributed by atoms with Crippen molar-refractivity contribution in [1.82, 2.24) is 0 Å². The molecule has 0 saturated carbocycles. The second kappa shape index (κ2) is 5.61. The lowest BCUT2D eigenvalue weighted by atomic mass is 9.92. The fourth-order valence-corrected chi connectivity index (χ4v) is 1.92.